The molecule has 0 aliphatic rings. The lowest BCUT2D eigenvalue weighted by atomic mass is 10.0. The first-order valence-electron chi connectivity index (χ1n) is 9.37. The second-order valence-corrected chi connectivity index (χ2v) is 6.42. The summed E-state index contributed by atoms with van der Waals surface area (Å²) in [6.45, 7) is 6.15. The first-order valence-corrected chi connectivity index (χ1v) is 9.37. The van der Waals surface area contributed by atoms with E-state index >= 15 is 0 Å². The van der Waals surface area contributed by atoms with E-state index in [0.29, 0.717) is 29.5 Å². The third kappa shape index (κ3) is 5.79. The molecule has 7 N–H and O–H groups in total. The van der Waals surface area contributed by atoms with Gasteiger partial charge in [-0.25, -0.2) is 4.98 Å². The first-order chi connectivity index (χ1) is 13.9. The molecule has 1 atom stereocenters. The van der Waals surface area contributed by atoms with E-state index in [1.807, 2.05) is 26.0 Å². The lowest BCUT2D eigenvalue weighted by Gasteiger charge is -2.14. The number of hydrogen-bond donors (Lipinski definition) is 5. The molecule has 0 aromatic carbocycles. The number of allylic oxidation sites excluding steroid dienone is 1. The Morgan fingerprint density at radius 1 is 1.34 bits per heavy atom. The van der Waals surface area contributed by atoms with Gasteiger partial charge in [-0.1, -0.05) is 0 Å². The molecule has 0 radical (unpaired) electrons. The summed E-state index contributed by atoms with van der Waals surface area (Å²) in [5.74, 6) is 0.978. The van der Waals surface area contributed by atoms with Crippen molar-refractivity contribution in [2.75, 3.05) is 19.0 Å². The zero-order valence-electron chi connectivity index (χ0n) is 17.3. The number of nitrogens with two attached hydrogens (primary N) is 2. The molecule has 0 amide bonds. The molecular formula is C21H29N7O. The fourth-order valence-corrected chi connectivity index (χ4v) is 2.79. The van der Waals surface area contributed by atoms with Crippen LogP contribution in [0.3, 0.4) is 0 Å². The van der Waals surface area contributed by atoms with Gasteiger partial charge < -0.3 is 32.2 Å². The van der Waals surface area contributed by atoms with Gasteiger partial charge in [0.1, 0.15) is 11.6 Å². The van der Waals surface area contributed by atoms with E-state index in [2.05, 4.69) is 20.6 Å². The van der Waals surface area contributed by atoms with Gasteiger partial charge in [0, 0.05) is 42.9 Å². The molecule has 1 unspecified atom stereocenters. The van der Waals surface area contributed by atoms with Crippen LogP contribution in [0, 0.1) is 5.41 Å². The Labute approximate surface area is 171 Å². The molecule has 29 heavy (non-hydrogen) atoms. The van der Waals surface area contributed by atoms with Crippen LogP contribution in [-0.4, -0.2) is 35.4 Å². The van der Waals surface area contributed by atoms with E-state index < -0.39 is 0 Å². The number of fused-ring (bicyclic) bond motifs is 1. The number of aromatic nitrogens is 2. The van der Waals surface area contributed by atoms with Crippen LogP contribution in [0.4, 0.5) is 5.82 Å². The van der Waals surface area contributed by atoms with E-state index in [9.17, 15) is 0 Å². The summed E-state index contributed by atoms with van der Waals surface area (Å²) >= 11 is 0. The molecule has 8 nitrogen and oxygen atoms in total. The minimum atomic E-state index is -0.164. The second-order valence-electron chi connectivity index (χ2n) is 6.42. The summed E-state index contributed by atoms with van der Waals surface area (Å²) in [7, 11) is 1.79. The smallest absolute Gasteiger partial charge is 0.132 e. The fourth-order valence-electron chi connectivity index (χ4n) is 2.79. The fraction of sp³-hybridized carbons (Fsp3) is 0.286. The van der Waals surface area contributed by atoms with Crippen molar-refractivity contribution < 1.29 is 4.74 Å². The maximum absolute atomic E-state index is 7.96. The van der Waals surface area contributed by atoms with Gasteiger partial charge in [-0.2, -0.15) is 0 Å². The van der Waals surface area contributed by atoms with Gasteiger partial charge in [-0.15, -0.1) is 0 Å². The molecule has 2 aromatic rings. The van der Waals surface area contributed by atoms with Crippen LogP contribution in [0.25, 0.3) is 16.6 Å². The Balaban J connectivity index is 2.31. The molecule has 8 heteroatoms. The highest BCUT2D eigenvalue weighted by Crippen LogP contribution is 2.20. The number of anilines is 1. The largest absolute Gasteiger partial charge is 0.404 e. The normalized spacial score (nSPS) is 14.0. The average Bonchev–Trinajstić information content (AvgIpc) is 2.69. The van der Waals surface area contributed by atoms with Gasteiger partial charge in [-0.05, 0) is 56.8 Å². The predicted molar refractivity (Wildman–Crippen MR) is 119 cm³/mol. The third-order valence-electron chi connectivity index (χ3n) is 4.21. The van der Waals surface area contributed by atoms with Gasteiger partial charge in [-0.3, -0.25) is 4.98 Å². The standard InChI is InChI=1S/C21H29N7O/c1-5-29-14(3)15(10-22)9-20(24)28-21-7-6-18-19(27-21)8-16(11-26-18)17(12-25-4)13(2)23/h6-12,14,23,25H,5,22,24H2,1-4H3,(H,27,28)/b15-10+,17-12+,20-9+,23-13?. The quantitative estimate of drug-likeness (QED) is 0.325. The molecule has 2 aromatic heterocycles. The van der Waals surface area contributed by atoms with Gasteiger partial charge in [0.25, 0.3) is 0 Å². The van der Waals surface area contributed by atoms with Crippen molar-refractivity contribution >= 4 is 28.1 Å². The van der Waals surface area contributed by atoms with E-state index in [1.165, 1.54) is 6.20 Å². The van der Waals surface area contributed by atoms with Crippen molar-refractivity contribution in [3.8, 4) is 0 Å². The van der Waals surface area contributed by atoms with Crippen molar-refractivity contribution in [1.82, 2.24) is 15.3 Å². The first kappa shape index (κ1) is 21.9. The Morgan fingerprint density at radius 3 is 2.72 bits per heavy atom. The average molecular weight is 396 g/mol. The molecule has 0 aliphatic carbocycles. The Bertz CT molecular complexity index is 963. The van der Waals surface area contributed by atoms with E-state index in [-0.39, 0.29) is 6.10 Å². The molecule has 0 bridgehead atoms. The zero-order valence-corrected chi connectivity index (χ0v) is 17.3. The maximum Gasteiger partial charge on any atom is 0.132 e. The van der Waals surface area contributed by atoms with Gasteiger partial charge in [0.05, 0.1) is 17.1 Å². The SMILES string of the molecule is CCOC(C)C(/C=C(\N)Nc1ccc2ncc(/C(=C/NC)C(C)=N)cc2n1)=C/N. The van der Waals surface area contributed by atoms with Crippen LogP contribution in [0.2, 0.25) is 0 Å². The Hall–Kier alpha value is -3.39. The number of pyridine rings is 2. The Morgan fingerprint density at radius 2 is 2.10 bits per heavy atom. The topological polar surface area (TPSA) is 135 Å². The van der Waals surface area contributed by atoms with Gasteiger partial charge >= 0.3 is 0 Å². The molecule has 154 valence electrons. The van der Waals surface area contributed by atoms with E-state index in [4.69, 9.17) is 21.6 Å². The van der Waals surface area contributed by atoms with E-state index in [1.54, 1.807) is 38.5 Å². The van der Waals surface area contributed by atoms with Crippen LogP contribution in [0.5, 0.6) is 0 Å². The molecule has 0 spiro atoms. The van der Waals surface area contributed by atoms with Gasteiger partial charge in [0.15, 0.2) is 0 Å². The lowest BCUT2D eigenvalue weighted by molar-refractivity contribution is 0.103. The second kappa shape index (κ2) is 10.2. The molecule has 0 saturated heterocycles. The van der Waals surface area contributed by atoms with E-state index in [0.717, 1.165) is 22.2 Å². The summed E-state index contributed by atoms with van der Waals surface area (Å²) in [5.41, 5.74) is 16.0. The summed E-state index contributed by atoms with van der Waals surface area (Å²) in [4.78, 5) is 9.05. The molecule has 0 aliphatic heterocycles. The minimum Gasteiger partial charge on any atom is -0.404 e. The van der Waals surface area contributed by atoms with Crippen molar-refractivity contribution in [2.45, 2.75) is 26.9 Å². The number of rotatable bonds is 9. The summed E-state index contributed by atoms with van der Waals surface area (Å²) in [6.07, 6.45) is 6.55. The Kier molecular flexibility index (Phi) is 7.73. The van der Waals surface area contributed by atoms with Crippen LogP contribution >= 0.6 is 0 Å². The molecular weight excluding hydrogens is 366 g/mol. The van der Waals surface area contributed by atoms with Crippen LogP contribution < -0.4 is 22.1 Å². The highest BCUT2D eigenvalue weighted by molar-refractivity contribution is 6.21. The summed E-state index contributed by atoms with van der Waals surface area (Å²) < 4.78 is 5.55. The molecule has 2 heterocycles. The molecule has 0 fully saturated rings. The third-order valence-corrected chi connectivity index (χ3v) is 4.21. The van der Waals surface area contributed by atoms with Crippen LogP contribution in [0.15, 0.2) is 54.3 Å². The lowest BCUT2D eigenvalue weighted by Crippen LogP contribution is -2.16. The van der Waals surface area contributed by atoms with Crippen molar-refractivity contribution in [3.63, 3.8) is 0 Å². The molecule has 0 saturated carbocycles. The number of ether oxygens (including phenoxy) is 1. The monoisotopic (exact) mass is 395 g/mol. The van der Waals surface area contributed by atoms with Crippen molar-refractivity contribution in [1.29, 1.82) is 5.41 Å². The van der Waals surface area contributed by atoms with Gasteiger partial charge in [0.2, 0.25) is 0 Å². The van der Waals surface area contributed by atoms with Crippen LogP contribution in [0.1, 0.15) is 26.3 Å². The zero-order chi connectivity index (χ0) is 21.4. The number of hydrogen-bond acceptors (Lipinski definition) is 8. The highest BCUT2D eigenvalue weighted by Gasteiger charge is 2.09. The predicted octanol–water partition coefficient (Wildman–Crippen LogP) is 2.71. The summed E-state index contributed by atoms with van der Waals surface area (Å²) in [5, 5.41) is 14.0. The number of nitrogens with one attached hydrogen (secondary N) is 3. The highest BCUT2D eigenvalue weighted by atomic mass is 16.5. The van der Waals surface area contributed by atoms with Crippen molar-refractivity contribution in [2.24, 2.45) is 11.5 Å². The van der Waals surface area contributed by atoms with Crippen LogP contribution in [-0.2, 0) is 4.74 Å². The van der Waals surface area contributed by atoms with Crippen molar-refractivity contribution in [3.05, 3.63) is 59.8 Å². The maximum atomic E-state index is 7.96. The molecule has 2 rings (SSSR count). The number of nitrogens with zero attached hydrogens (tertiary/aromatic N) is 2. The minimum absolute atomic E-state index is 0.164. The summed E-state index contributed by atoms with van der Waals surface area (Å²) in [6, 6.07) is 5.57.